The Labute approximate surface area is 157 Å². The first-order chi connectivity index (χ1) is 12.8. The van der Waals surface area contributed by atoms with Gasteiger partial charge in [-0.25, -0.2) is 0 Å². The molecule has 1 saturated heterocycles. The Hall–Kier alpha value is -2.04. The zero-order valence-electron chi connectivity index (χ0n) is 16.0. The summed E-state index contributed by atoms with van der Waals surface area (Å²) in [5, 5.41) is 0. The molecule has 0 N–H and O–H groups in total. The SMILES string of the molecule is CCOc1ccc(CN2CCN(Cc3ccc(OCC)cc3)CC2)cc1. The fraction of sp³-hybridized carbons (Fsp3) is 0.455. The molecule has 0 unspecified atom stereocenters. The number of piperazine rings is 1. The van der Waals surface area contributed by atoms with Crippen molar-refractivity contribution >= 4 is 0 Å². The molecule has 1 heterocycles. The van der Waals surface area contributed by atoms with Gasteiger partial charge in [-0.05, 0) is 49.2 Å². The minimum Gasteiger partial charge on any atom is -0.494 e. The molecule has 4 nitrogen and oxygen atoms in total. The Morgan fingerprint density at radius 3 is 1.27 bits per heavy atom. The molecule has 0 radical (unpaired) electrons. The summed E-state index contributed by atoms with van der Waals surface area (Å²) in [4.78, 5) is 5.06. The van der Waals surface area contributed by atoms with E-state index in [9.17, 15) is 0 Å². The van der Waals surface area contributed by atoms with E-state index in [4.69, 9.17) is 9.47 Å². The van der Waals surface area contributed by atoms with Gasteiger partial charge < -0.3 is 9.47 Å². The lowest BCUT2D eigenvalue weighted by atomic mass is 10.1. The van der Waals surface area contributed by atoms with E-state index >= 15 is 0 Å². The van der Waals surface area contributed by atoms with Gasteiger partial charge in [-0.3, -0.25) is 9.80 Å². The van der Waals surface area contributed by atoms with Gasteiger partial charge in [0.05, 0.1) is 13.2 Å². The fourth-order valence-electron chi connectivity index (χ4n) is 3.34. The van der Waals surface area contributed by atoms with Gasteiger partial charge in [-0.2, -0.15) is 0 Å². The number of hydrogen-bond acceptors (Lipinski definition) is 4. The highest BCUT2D eigenvalue weighted by Gasteiger charge is 2.17. The fourth-order valence-corrected chi connectivity index (χ4v) is 3.34. The lowest BCUT2D eigenvalue weighted by molar-refractivity contribution is 0.122. The minimum atomic E-state index is 0.718. The Morgan fingerprint density at radius 1 is 0.615 bits per heavy atom. The molecule has 0 saturated carbocycles. The molecule has 0 aromatic heterocycles. The summed E-state index contributed by atoms with van der Waals surface area (Å²) in [5.41, 5.74) is 2.71. The lowest BCUT2D eigenvalue weighted by Gasteiger charge is -2.34. The molecule has 0 amide bonds. The Kier molecular flexibility index (Phi) is 6.92. The average molecular weight is 354 g/mol. The highest BCUT2D eigenvalue weighted by atomic mass is 16.5. The molecule has 140 valence electrons. The zero-order valence-corrected chi connectivity index (χ0v) is 16.0. The Bertz CT molecular complexity index is 587. The van der Waals surface area contributed by atoms with Crippen molar-refractivity contribution in [2.45, 2.75) is 26.9 Å². The van der Waals surface area contributed by atoms with Crippen molar-refractivity contribution < 1.29 is 9.47 Å². The molecule has 1 aliphatic heterocycles. The van der Waals surface area contributed by atoms with Gasteiger partial charge >= 0.3 is 0 Å². The summed E-state index contributed by atoms with van der Waals surface area (Å²) >= 11 is 0. The van der Waals surface area contributed by atoms with Crippen LogP contribution in [0.4, 0.5) is 0 Å². The molecule has 4 heteroatoms. The van der Waals surface area contributed by atoms with Gasteiger partial charge in [0.2, 0.25) is 0 Å². The van der Waals surface area contributed by atoms with Crippen LogP contribution in [0.25, 0.3) is 0 Å². The quantitative estimate of drug-likeness (QED) is 0.720. The summed E-state index contributed by atoms with van der Waals surface area (Å²) in [6.07, 6.45) is 0. The summed E-state index contributed by atoms with van der Waals surface area (Å²) in [7, 11) is 0. The molecular weight excluding hydrogens is 324 g/mol. The van der Waals surface area contributed by atoms with Gasteiger partial charge in [0.15, 0.2) is 0 Å². The molecule has 3 rings (SSSR count). The van der Waals surface area contributed by atoms with Crippen LogP contribution in [0.15, 0.2) is 48.5 Å². The van der Waals surface area contributed by atoms with Crippen molar-refractivity contribution in [2.24, 2.45) is 0 Å². The average Bonchev–Trinajstić information content (AvgIpc) is 2.67. The van der Waals surface area contributed by atoms with Crippen LogP contribution in [0, 0.1) is 0 Å². The first-order valence-corrected chi connectivity index (χ1v) is 9.65. The summed E-state index contributed by atoms with van der Waals surface area (Å²) in [6.45, 7) is 12.0. The van der Waals surface area contributed by atoms with Crippen LogP contribution in [0.2, 0.25) is 0 Å². The Morgan fingerprint density at radius 2 is 0.962 bits per heavy atom. The van der Waals surface area contributed by atoms with Gasteiger partial charge in [-0.15, -0.1) is 0 Å². The third-order valence-electron chi connectivity index (χ3n) is 4.75. The molecular formula is C22H30N2O2. The van der Waals surface area contributed by atoms with E-state index in [1.165, 1.54) is 11.1 Å². The van der Waals surface area contributed by atoms with E-state index in [0.717, 1.165) is 64.0 Å². The van der Waals surface area contributed by atoms with Gasteiger partial charge in [0, 0.05) is 39.3 Å². The highest BCUT2D eigenvalue weighted by Crippen LogP contribution is 2.17. The van der Waals surface area contributed by atoms with Crippen LogP contribution in [0.5, 0.6) is 11.5 Å². The first kappa shape index (κ1) is 18.7. The predicted octanol–water partition coefficient (Wildman–Crippen LogP) is 3.80. The van der Waals surface area contributed by atoms with E-state index < -0.39 is 0 Å². The second-order valence-corrected chi connectivity index (χ2v) is 6.71. The van der Waals surface area contributed by atoms with Gasteiger partial charge in [-0.1, -0.05) is 24.3 Å². The van der Waals surface area contributed by atoms with Crippen LogP contribution in [-0.2, 0) is 13.1 Å². The van der Waals surface area contributed by atoms with Crippen LogP contribution in [0.3, 0.4) is 0 Å². The van der Waals surface area contributed by atoms with E-state index in [1.807, 2.05) is 13.8 Å². The number of hydrogen-bond donors (Lipinski definition) is 0. The number of benzene rings is 2. The van der Waals surface area contributed by atoms with Crippen molar-refractivity contribution in [3.8, 4) is 11.5 Å². The maximum absolute atomic E-state index is 5.51. The second-order valence-electron chi connectivity index (χ2n) is 6.71. The molecule has 2 aromatic carbocycles. The molecule has 1 fully saturated rings. The number of rotatable bonds is 8. The minimum absolute atomic E-state index is 0.718. The molecule has 0 bridgehead atoms. The third-order valence-corrected chi connectivity index (χ3v) is 4.75. The van der Waals surface area contributed by atoms with Crippen LogP contribution in [-0.4, -0.2) is 49.2 Å². The second kappa shape index (κ2) is 9.60. The molecule has 1 aliphatic rings. The lowest BCUT2D eigenvalue weighted by Crippen LogP contribution is -2.45. The molecule has 0 spiro atoms. The summed E-state index contributed by atoms with van der Waals surface area (Å²) < 4.78 is 11.0. The summed E-state index contributed by atoms with van der Waals surface area (Å²) in [6, 6.07) is 17.0. The monoisotopic (exact) mass is 354 g/mol. The van der Waals surface area contributed by atoms with Crippen molar-refractivity contribution in [3.63, 3.8) is 0 Å². The zero-order chi connectivity index (χ0) is 18.2. The van der Waals surface area contributed by atoms with Gasteiger partial charge in [0.1, 0.15) is 11.5 Å². The van der Waals surface area contributed by atoms with Gasteiger partial charge in [0.25, 0.3) is 0 Å². The van der Waals surface area contributed by atoms with Crippen molar-refractivity contribution in [1.29, 1.82) is 0 Å². The van der Waals surface area contributed by atoms with Crippen molar-refractivity contribution in [2.75, 3.05) is 39.4 Å². The maximum atomic E-state index is 5.51. The van der Waals surface area contributed by atoms with Crippen molar-refractivity contribution in [1.82, 2.24) is 9.80 Å². The largest absolute Gasteiger partial charge is 0.494 e. The third kappa shape index (κ3) is 5.48. The molecule has 0 atom stereocenters. The van der Waals surface area contributed by atoms with E-state index in [1.54, 1.807) is 0 Å². The highest BCUT2D eigenvalue weighted by molar-refractivity contribution is 5.28. The van der Waals surface area contributed by atoms with Crippen LogP contribution >= 0.6 is 0 Å². The summed E-state index contributed by atoms with van der Waals surface area (Å²) in [5.74, 6) is 1.91. The maximum Gasteiger partial charge on any atom is 0.119 e. The van der Waals surface area contributed by atoms with Crippen molar-refractivity contribution in [3.05, 3.63) is 59.7 Å². The number of nitrogens with zero attached hydrogens (tertiary/aromatic N) is 2. The van der Waals surface area contributed by atoms with E-state index in [0.29, 0.717) is 0 Å². The van der Waals surface area contributed by atoms with Crippen LogP contribution < -0.4 is 9.47 Å². The molecule has 0 aliphatic carbocycles. The Balaban J connectivity index is 1.43. The topological polar surface area (TPSA) is 24.9 Å². The predicted molar refractivity (Wildman–Crippen MR) is 106 cm³/mol. The van der Waals surface area contributed by atoms with E-state index in [2.05, 4.69) is 58.3 Å². The first-order valence-electron chi connectivity index (χ1n) is 9.65. The normalized spacial score (nSPS) is 15.8. The smallest absolute Gasteiger partial charge is 0.119 e. The molecule has 2 aromatic rings. The van der Waals surface area contributed by atoms with E-state index in [-0.39, 0.29) is 0 Å². The molecule has 26 heavy (non-hydrogen) atoms. The standard InChI is InChI=1S/C22H30N2O2/c1-3-25-21-9-5-19(6-10-21)17-23-13-15-24(16-14-23)18-20-7-11-22(12-8-20)26-4-2/h5-12H,3-4,13-18H2,1-2H3. The van der Waals surface area contributed by atoms with Crippen LogP contribution in [0.1, 0.15) is 25.0 Å². The number of ether oxygens (including phenoxy) is 2.